The highest BCUT2D eigenvalue weighted by Gasteiger charge is 2.28. The number of esters is 1. The first-order chi connectivity index (χ1) is 13.5. The zero-order valence-corrected chi connectivity index (χ0v) is 17.7. The molecule has 0 saturated carbocycles. The third-order valence-electron chi connectivity index (χ3n) is 4.74. The number of carbonyl (C=O) groups is 2. The van der Waals surface area contributed by atoms with Gasteiger partial charge in [-0.05, 0) is 55.9 Å². The number of hydrogen-bond donors (Lipinski definition) is 1. The van der Waals surface area contributed by atoms with E-state index in [1.165, 1.54) is 18.4 Å². The van der Waals surface area contributed by atoms with Gasteiger partial charge >= 0.3 is 5.97 Å². The molecule has 0 unspecified atom stereocenters. The highest BCUT2D eigenvalue weighted by atomic mass is 35.5. The molecule has 0 aliphatic heterocycles. The van der Waals surface area contributed by atoms with Crippen LogP contribution in [-0.2, 0) is 17.6 Å². The van der Waals surface area contributed by atoms with E-state index >= 15 is 0 Å². The predicted molar refractivity (Wildman–Crippen MR) is 112 cm³/mol. The Morgan fingerprint density at radius 3 is 2.79 bits per heavy atom. The summed E-state index contributed by atoms with van der Waals surface area (Å²) in [5.41, 5.74) is 1.85. The van der Waals surface area contributed by atoms with E-state index in [1.54, 1.807) is 18.2 Å². The number of carbonyl (C=O) groups excluding carboxylic acids is 2. The van der Waals surface area contributed by atoms with Gasteiger partial charge in [-0.3, -0.25) is 4.79 Å². The smallest absolute Gasteiger partial charge is 0.341 e. The van der Waals surface area contributed by atoms with Gasteiger partial charge in [0.2, 0.25) is 0 Å². The molecule has 0 bridgehead atoms. The molecule has 1 amide bonds. The van der Waals surface area contributed by atoms with Gasteiger partial charge in [0.1, 0.15) is 10.8 Å². The Hall–Kier alpha value is -2.05. The van der Waals surface area contributed by atoms with E-state index in [2.05, 4.69) is 5.32 Å². The molecule has 2 aromatic rings. The Morgan fingerprint density at radius 2 is 2.04 bits per heavy atom. The molecular formula is C21H24ClNO4S. The molecule has 7 heteroatoms. The highest BCUT2D eigenvalue weighted by molar-refractivity contribution is 7.17. The molecular weight excluding hydrogens is 398 g/mol. The summed E-state index contributed by atoms with van der Waals surface area (Å²) in [6.45, 7) is 2.43. The van der Waals surface area contributed by atoms with Gasteiger partial charge in [-0.15, -0.1) is 11.3 Å². The van der Waals surface area contributed by atoms with Crippen molar-refractivity contribution < 1.29 is 19.1 Å². The van der Waals surface area contributed by atoms with Gasteiger partial charge < -0.3 is 14.8 Å². The number of fused-ring (bicyclic) bond motifs is 1. The van der Waals surface area contributed by atoms with Crippen LogP contribution in [-0.4, -0.2) is 25.6 Å². The number of anilines is 1. The van der Waals surface area contributed by atoms with Gasteiger partial charge in [-0.25, -0.2) is 4.79 Å². The van der Waals surface area contributed by atoms with Crippen LogP contribution in [0, 0.1) is 0 Å². The molecule has 1 aliphatic carbocycles. The number of hydrogen-bond acceptors (Lipinski definition) is 5. The molecule has 1 N–H and O–H groups in total. The van der Waals surface area contributed by atoms with Crippen molar-refractivity contribution in [3.05, 3.63) is 44.8 Å². The molecule has 0 saturated heterocycles. The normalized spacial score (nSPS) is 13.0. The predicted octanol–water partition coefficient (Wildman–Crippen LogP) is 5.50. The molecule has 5 nitrogen and oxygen atoms in total. The van der Waals surface area contributed by atoms with Crippen LogP contribution in [0.5, 0.6) is 5.75 Å². The lowest BCUT2D eigenvalue weighted by molar-refractivity contribution is 0.0500. The SMILES string of the molecule is CCCCOC(=O)c1c(NC(=O)c2cc(Cl)ccc2OC)sc2c1CCCC2. The monoisotopic (exact) mass is 421 g/mol. The zero-order valence-electron chi connectivity index (χ0n) is 16.1. The summed E-state index contributed by atoms with van der Waals surface area (Å²) in [5, 5.41) is 3.88. The van der Waals surface area contributed by atoms with Crippen LogP contribution in [0.4, 0.5) is 5.00 Å². The number of methoxy groups -OCH3 is 1. The van der Waals surface area contributed by atoms with Crippen LogP contribution in [0.15, 0.2) is 18.2 Å². The molecule has 1 aromatic carbocycles. The molecule has 0 radical (unpaired) electrons. The number of amides is 1. The third-order valence-corrected chi connectivity index (χ3v) is 6.18. The Labute approximate surface area is 174 Å². The van der Waals surface area contributed by atoms with Gasteiger partial charge in [0.05, 0.1) is 24.8 Å². The molecule has 0 atom stereocenters. The molecule has 28 heavy (non-hydrogen) atoms. The summed E-state index contributed by atoms with van der Waals surface area (Å²) < 4.78 is 10.7. The van der Waals surface area contributed by atoms with E-state index in [1.807, 2.05) is 6.92 Å². The average molecular weight is 422 g/mol. The van der Waals surface area contributed by atoms with E-state index in [4.69, 9.17) is 21.1 Å². The van der Waals surface area contributed by atoms with Crippen LogP contribution in [0.25, 0.3) is 0 Å². The van der Waals surface area contributed by atoms with Crippen LogP contribution in [0.2, 0.25) is 5.02 Å². The van der Waals surface area contributed by atoms with Crippen molar-refractivity contribution in [3.8, 4) is 5.75 Å². The van der Waals surface area contributed by atoms with Crippen molar-refractivity contribution in [2.45, 2.75) is 45.4 Å². The van der Waals surface area contributed by atoms with Gasteiger partial charge in [-0.2, -0.15) is 0 Å². The Balaban J connectivity index is 1.91. The summed E-state index contributed by atoms with van der Waals surface area (Å²) in [6, 6.07) is 4.87. The van der Waals surface area contributed by atoms with Crippen molar-refractivity contribution in [1.29, 1.82) is 0 Å². The zero-order chi connectivity index (χ0) is 20.1. The van der Waals surface area contributed by atoms with Crippen molar-refractivity contribution in [2.24, 2.45) is 0 Å². The van der Waals surface area contributed by atoms with Gasteiger partial charge in [-0.1, -0.05) is 24.9 Å². The number of nitrogens with one attached hydrogen (secondary N) is 1. The second kappa shape index (κ2) is 9.43. The van der Waals surface area contributed by atoms with Crippen molar-refractivity contribution in [1.82, 2.24) is 0 Å². The molecule has 1 heterocycles. The van der Waals surface area contributed by atoms with E-state index in [0.29, 0.717) is 33.5 Å². The summed E-state index contributed by atoms with van der Waals surface area (Å²) in [4.78, 5) is 26.8. The number of unbranched alkanes of at least 4 members (excludes halogenated alkanes) is 1. The summed E-state index contributed by atoms with van der Waals surface area (Å²) >= 11 is 7.51. The molecule has 150 valence electrons. The first-order valence-corrected chi connectivity index (χ1v) is 10.7. The minimum Gasteiger partial charge on any atom is -0.496 e. The van der Waals surface area contributed by atoms with Gasteiger partial charge in [0.15, 0.2) is 0 Å². The standard InChI is InChI=1S/C21H24ClNO4S/c1-3-4-11-27-21(25)18-14-7-5-6-8-17(14)28-20(18)23-19(24)15-12-13(22)9-10-16(15)26-2/h9-10,12H,3-8,11H2,1-2H3,(H,23,24). The molecule has 0 spiro atoms. The maximum absolute atomic E-state index is 12.9. The van der Waals surface area contributed by atoms with Crippen molar-refractivity contribution in [3.63, 3.8) is 0 Å². The number of aryl methyl sites for hydroxylation is 1. The number of thiophene rings is 1. The number of halogens is 1. The minimum absolute atomic E-state index is 0.326. The van der Waals surface area contributed by atoms with Gasteiger partial charge in [0, 0.05) is 9.90 Å². The lowest BCUT2D eigenvalue weighted by Gasteiger charge is -2.13. The number of ether oxygens (including phenoxy) is 2. The van der Waals surface area contributed by atoms with Crippen LogP contribution < -0.4 is 10.1 Å². The maximum Gasteiger partial charge on any atom is 0.341 e. The molecule has 0 fully saturated rings. The lowest BCUT2D eigenvalue weighted by atomic mass is 9.95. The second-order valence-corrected chi connectivity index (χ2v) is 8.24. The Morgan fingerprint density at radius 1 is 1.25 bits per heavy atom. The minimum atomic E-state index is -0.361. The molecule has 1 aliphatic rings. The third kappa shape index (κ3) is 4.50. The van der Waals surface area contributed by atoms with E-state index < -0.39 is 0 Å². The van der Waals surface area contributed by atoms with Crippen LogP contribution in [0.1, 0.15) is 63.8 Å². The number of rotatable bonds is 7. The largest absolute Gasteiger partial charge is 0.496 e. The van der Waals surface area contributed by atoms with E-state index in [0.717, 1.165) is 49.0 Å². The fourth-order valence-electron chi connectivity index (χ4n) is 3.28. The fraction of sp³-hybridized carbons (Fsp3) is 0.429. The fourth-order valence-corrected chi connectivity index (χ4v) is 4.72. The molecule has 1 aromatic heterocycles. The number of benzene rings is 1. The Kier molecular flexibility index (Phi) is 6.97. The van der Waals surface area contributed by atoms with Crippen LogP contribution >= 0.6 is 22.9 Å². The summed E-state index contributed by atoms with van der Waals surface area (Å²) in [6.07, 6.45) is 5.65. The van der Waals surface area contributed by atoms with E-state index in [-0.39, 0.29) is 11.9 Å². The summed E-state index contributed by atoms with van der Waals surface area (Å²) in [5.74, 6) is -0.294. The van der Waals surface area contributed by atoms with Crippen molar-refractivity contribution >= 4 is 39.8 Å². The highest BCUT2D eigenvalue weighted by Crippen LogP contribution is 2.39. The molecule has 3 rings (SSSR count). The quantitative estimate of drug-likeness (QED) is 0.473. The van der Waals surface area contributed by atoms with Gasteiger partial charge in [0.25, 0.3) is 5.91 Å². The maximum atomic E-state index is 12.9. The van der Waals surface area contributed by atoms with Crippen LogP contribution in [0.3, 0.4) is 0 Å². The summed E-state index contributed by atoms with van der Waals surface area (Å²) in [7, 11) is 1.50. The lowest BCUT2D eigenvalue weighted by Crippen LogP contribution is -2.16. The van der Waals surface area contributed by atoms with E-state index in [9.17, 15) is 9.59 Å². The van der Waals surface area contributed by atoms with Crippen molar-refractivity contribution in [2.75, 3.05) is 19.0 Å². The second-order valence-electron chi connectivity index (χ2n) is 6.70. The topological polar surface area (TPSA) is 64.6 Å². The average Bonchev–Trinajstić information content (AvgIpc) is 3.05. The first-order valence-electron chi connectivity index (χ1n) is 9.51. The first kappa shape index (κ1) is 20.7. The Bertz CT molecular complexity index is 878.